The molecule has 1 aliphatic heterocycles. The maximum absolute atomic E-state index is 12.6. The molecule has 0 N–H and O–H groups in total. The van der Waals surface area contributed by atoms with Crippen molar-refractivity contribution in [1.29, 1.82) is 0 Å². The van der Waals surface area contributed by atoms with Crippen molar-refractivity contribution in [2.75, 3.05) is 0 Å². The summed E-state index contributed by atoms with van der Waals surface area (Å²) in [5.41, 5.74) is 1.68. The van der Waals surface area contributed by atoms with Crippen LogP contribution in [-0.2, 0) is 4.84 Å². The zero-order valence-electron chi connectivity index (χ0n) is 13.8. The maximum Gasteiger partial charge on any atom is 0.365 e. The second-order valence-corrected chi connectivity index (χ2v) is 6.15. The Morgan fingerprint density at radius 3 is 2.22 bits per heavy atom. The lowest BCUT2D eigenvalue weighted by atomic mass is 10.1. The van der Waals surface area contributed by atoms with Crippen LogP contribution in [0.1, 0.15) is 31.1 Å². The highest BCUT2D eigenvalue weighted by molar-refractivity contribution is 6.33. The molecule has 0 saturated heterocycles. The smallest absolute Gasteiger partial charge is 0.324 e. The van der Waals surface area contributed by atoms with Crippen LogP contribution in [0.15, 0.2) is 66.9 Å². The van der Waals surface area contributed by atoms with Crippen molar-refractivity contribution >= 4 is 29.4 Å². The molecule has 0 fully saturated rings. The zero-order valence-corrected chi connectivity index (χ0v) is 14.5. The molecule has 0 unspecified atom stereocenters. The van der Waals surface area contributed by atoms with E-state index in [1.807, 2.05) is 6.07 Å². The normalized spacial score (nSPS) is 12.9. The first-order chi connectivity index (χ1) is 13.1. The molecule has 7 heteroatoms. The summed E-state index contributed by atoms with van der Waals surface area (Å²) < 4.78 is 0. The van der Waals surface area contributed by atoms with Crippen LogP contribution in [0.25, 0.3) is 11.3 Å². The van der Waals surface area contributed by atoms with Crippen LogP contribution in [0.2, 0.25) is 5.02 Å². The fraction of sp³-hybridized carbons (Fsp3) is 0. The number of halogens is 1. The van der Waals surface area contributed by atoms with Gasteiger partial charge in [-0.05, 0) is 36.4 Å². The number of carbonyl (C=O) groups is 3. The van der Waals surface area contributed by atoms with Gasteiger partial charge in [0.25, 0.3) is 11.8 Å². The van der Waals surface area contributed by atoms with E-state index in [0.29, 0.717) is 16.3 Å². The van der Waals surface area contributed by atoms with E-state index < -0.39 is 17.8 Å². The fourth-order valence-electron chi connectivity index (χ4n) is 2.76. The molecule has 3 aromatic rings. The molecule has 0 spiro atoms. The molecule has 27 heavy (non-hydrogen) atoms. The van der Waals surface area contributed by atoms with Gasteiger partial charge < -0.3 is 4.84 Å². The van der Waals surface area contributed by atoms with E-state index in [2.05, 4.69) is 4.98 Å². The monoisotopic (exact) mass is 378 g/mol. The second-order valence-electron chi connectivity index (χ2n) is 5.74. The topological polar surface area (TPSA) is 76.6 Å². The van der Waals surface area contributed by atoms with Gasteiger partial charge in [-0.15, -0.1) is 0 Å². The van der Waals surface area contributed by atoms with E-state index in [-0.39, 0.29) is 21.7 Å². The number of imide groups is 1. The molecule has 0 atom stereocenters. The van der Waals surface area contributed by atoms with Crippen LogP contribution in [0, 0.1) is 0 Å². The average molecular weight is 379 g/mol. The second kappa shape index (κ2) is 6.66. The Morgan fingerprint density at radius 2 is 1.59 bits per heavy atom. The maximum atomic E-state index is 12.6. The van der Waals surface area contributed by atoms with Crippen molar-refractivity contribution in [2.24, 2.45) is 0 Å². The predicted octanol–water partition coefficient (Wildman–Crippen LogP) is 3.77. The fourth-order valence-corrected chi connectivity index (χ4v) is 2.95. The molecule has 1 aliphatic rings. The molecule has 6 nitrogen and oxygen atoms in total. The predicted molar refractivity (Wildman–Crippen MR) is 97.0 cm³/mol. The van der Waals surface area contributed by atoms with Crippen molar-refractivity contribution in [3.63, 3.8) is 0 Å². The molecule has 0 saturated carbocycles. The van der Waals surface area contributed by atoms with E-state index in [1.165, 1.54) is 24.3 Å². The number of benzene rings is 2. The molecule has 2 heterocycles. The highest BCUT2D eigenvalue weighted by Crippen LogP contribution is 2.27. The van der Waals surface area contributed by atoms with Crippen molar-refractivity contribution < 1.29 is 19.2 Å². The third kappa shape index (κ3) is 2.96. The minimum absolute atomic E-state index is 0.0244. The van der Waals surface area contributed by atoms with Crippen molar-refractivity contribution in [3.8, 4) is 11.3 Å². The Morgan fingerprint density at radius 1 is 0.926 bits per heavy atom. The quantitative estimate of drug-likeness (QED) is 0.648. The van der Waals surface area contributed by atoms with Crippen LogP contribution in [0.4, 0.5) is 0 Å². The van der Waals surface area contributed by atoms with Crippen LogP contribution < -0.4 is 0 Å². The molecule has 2 amide bonds. The summed E-state index contributed by atoms with van der Waals surface area (Å²) in [5, 5.41) is 0.591. The Balaban J connectivity index is 1.63. The Kier molecular flexibility index (Phi) is 4.18. The Labute approximate surface area is 158 Å². The SMILES string of the molecule is O=C(ON1C(=O)c2ccccc2C1=O)c1cc(-c2ccccn2)ccc1Cl. The summed E-state index contributed by atoms with van der Waals surface area (Å²) in [4.78, 5) is 46.5. The molecular weight excluding hydrogens is 368 g/mol. The number of rotatable bonds is 3. The number of hydrogen-bond acceptors (Lipinski definition) is 5. The van der Waals surface area contributed by atoms with E-state index >= 15 is 0 Å². The van der Waals surface area contributed by atoms with Gasteiger partial charge in [-0.25, -0.2) is 4.79 Å². The van der Waals surface area contributed by atoms with E-state index in [9.17, 15) is 14.4 Å². The number of fused-ring (bicyclic) bond motifs is 1. The van der Waals surface area contributed by atoms with Crippen molar-refractivity contribution in [1.82, 2.24) is 10.0 Å². The molecule has 0 bridgehead atoms. The van der Waals surface area contributed by atoms with E-state index in [1.54, 1.807) is 36.5 Å². The van der Waals surface area contributed by atoms with Crippen LogP contribution in [0.5, 0.6) is 0 Å². The van der Waals surface area contributed by atoms with E-state index in [4.69, 9.17) is 16.4 Å². The standard InChI is InChI=1S/C20H11ClN2O4/c21-16-9-8-12(17-7-3-4-10-22-17)11-15(16)20(26)27-23-18(24)13-5-1-2-6-14(13)19(23)25/h1-11H. The largest absolute Gasteiger partial charge is 0.365 e. The molecular formula is C20H11ClN2O4. The lowest BCUT2D eigenvalue weighted by Crippen LogP contribution is -2.32. The molecule has 0 radical (unpaired) electrons. The highest BCUT2D eigenvalue weighted by atomic mass is 35.5. The van der Waals surface area contributed by atoms with Crippen molar-refractivity contribution in [3.05, 3.63) is 88.6 Å². The van der Waals surface area contributed by atoms with Gasteiger partial charge in [-0.3, -0.25) is 14.6 Å². The molecule has 132 valence electrons. The van der Waals surface area contributed by atoms with Gasteiger partial charge in [0, 0.05) is 11.8 Å². The first-order valence-corrected chi connectivity index (χ1v) is 8.35. The number of amides is 2. The number of hydrogen-bond donors (Lipinski definition) is 0. The van der Waals surface area contributed by atoms with Gasteiger partial charge in [0.1, 0.15) is 0 Å². The number of hydroxylamine groups is 2. The van der Waals surface area contributed by atoms with Crippen LogP contribution >= 0.6 is 11.6 Å². The van der Waals surface area contributed by atoms with Gasteiger partial charge in [-0.2, -0.15) is 0 Å². The lowest BCUT2D eigenvalue weighted by Gasteiger charge is -2.14. The average Bonchev–Trinajstić information content (AvgIpc) is 2.94. The Bertz CT molecular complexity index is 1050. The molecule has 0 aliphatic carbocycles. The summed E-state index contributed by atoms with van der Waals surface area (Å²) in [7, 11) is 0. The van der Waals surface area contributed by atoms with Gasteiger partial charge >= 0.3 is 5.97 Å². The summed E-state index contributed by atoms with van der Waals surface area (Å²) >= 11 is 6.12. The van der Waals surface area contributed by atoms with Gasteiger partial charge in [-0.1, -0.05) is 40.9 Å². The number of carbonyl (C=O) groups excluding carboxylic acids is 3. The van der Waals surface area contributed by atoms with Gasteiger partial charge in [0.2, 0.25) is 0 Å². The Hall–Kier alpha value is -3.51. The summed E-state index contributed by atoms with van der Waals surface area (Å²) in [6.45, 7) is 0. The first-order valence-electron chi connectivity index (χ1n) is 7.97. The van der Waals surface area contributed by atoms with Gasteiger partial charge in [0.05, 0.1) is 27.4 Å². The van der Waals surface area contributed by atoms with Crippen LogP contribution in [0.3, 0.4) is 0 Å². The third-order valence-electron chi connectivity index (χ3n) is 4.08. The minimum atomic E-state index is -0.910. The molecule has 2 aromatic carbocycles. The summed E-state index contributed by atoms with van der Waals surface area (Å²) in [6.07, 6.45) is 1.63. The number of pyridine rings is 1. The minimum Gasteiger partial charge on any atom is -0.324 e. The summed E-state index contributed by atoms with van der Waals surface area (Å²) in [6, 6.07) is 16.4. The highest BCUT2D eigenvalue weighted by Gasteiger charge is 2.39. The number of nitrogens with zero attached hydrogens (tertiary/aromatic N) is 2. The third-order valence-corrected chi connectivity index (χ3v) is 4.41. The zero-order chi connectivity index (χ0) is 19.0. The van der Waals surface area contributed by atoms with Crippen LogP contribution in [-0.4, -0.2) is 27.8 Å². The summed E-state index contributed by atoms with van der Waals surface area (Å²) in [5.74, 6) is -2.30. The molecule has 4 rings (SSSR count). The number of aromatic nitrogens is 1. The van der Waals surface area contributed by atoms with Gasteiger partial charge in [0.15, 0.2) is 0 Å². The molecule has 1 aromatic heterocycles. The lowest BCUT2D eigenvalue weighted by molar-refractivity contribution is -0.0584. The van der Waals surface area contributed by atoms with E-state index in [0.717, 1.165) is 0 Å². The first kappa shape index (κ1) is 16.9. The van der Waals surface area contributed by atoms with Crippen molar-refractivity contribution in [2.45, 2.75) is 0 Å².